The maximum Gasteiger partial charge on any atom is 0.149 e. The Kier molecular flexibility index (Phi) is 4.01. The molecule has 1 aromatic carbocycles. The summed E-state index contributed by atoms with van der Waals surface area (Å²) in [5.74, 6) is -0.596. The summed E-state index contributed by atoms with van der Waals surface area (Å²) in [6.07, 6.45) is 4.64. The maximum atomic E-state index is 13.8. The molecule has 1 N–H and O–H groups in total. The lowest BCUT2D eigenvalue weighted by Gasteiger charge is -2.25. The van der Waals surface area contributed by atoms with Gasteiger partial charge in [0.15, 0.2) is 0 Å². The Balaban J connectivity index is 1.90. The van der Waals surface area contributed by atoms with E-state index in [1.165, 1.54) is 31.0 Å². The number of thiophene rings is 1. The van der Waals surface area contributed by atoms with E-state index in [4.69, 9.17) is 0 Å². The van der Waals surface area contributed by atoms with E-state index in [0.29, 0.717) is 5.92 Å². The van der Waals surface area contributed by atoms with E-state index in [0.717, 1.165) is 17.7 Å². The zero-order chi connectivity index (χ0) is 13.9. The Hall–Kier alpha value is -1.42. The van der Waals surface area contributed by atoms with Crippen molar-refractivity contribution in [3.05, 3.63) is 52.2 Å². The van der Waals surface area contributed by atoms with E-state index in [1.807, 2.05) is 17.5 Å². The first-order chi connectivity index (χ1) is 9.75. The molecule has 1 atom stereocenters. The van der Waals surface area contributed by atoms with Crippen molar-refractivity contribution in [2.24, 2.45) is 5.92 Å². The summed E-state index contributed by atoms with van der Waals surface area (Å²) >= 11 is 1.64. The molecule has 0 bridgehead atoms. The predicted octanol–water partition coefficient (Wildman–Crippen LogP) is 5.37. The summed E-state index contributed by atoms with van der Waals surface area (Å²) in [6, 6.07) is 8.02. The van der Waals surface area contributed by atoms with Gasteiger partial charge in [-0.15, -0.1) is 11.3 Å². The average molecular weight is 293 g/mol. The van der Waals surface area contributed by atoms with Gasteiger partial charge >= 0.3 is 0 Å². The highest BCUT2D eigenvalue weighted by atomic mass is 32.1. The minimum Gasteiger partial charge on any atom is -0.372 e. The summed E-state index contributed by atoms with van der Waals surface area (Å²) in [5, 5.41) is 5.13. The van der Waals surface area contributed by atoms with Gasteiger partial charge in [-0.2, -0.15) is 0 Å². The summed E-state index contributed by atoms with van der Waals surface area (Å²) in [5.41, 5.74) is -0.00204. The normalized spacial score (nSPS) is 17.3. The quantitative estimate of drug-likeness (QED) is 0.799. The Bertz CT molecular complexity index is 542. The zero-order valence-corrected chi connectivity index (χ0v) is 11.9. The zero-order valence-electron chi connectivity index (χ0n) is 11.1. The van der Waals surface area contributed by atoms with Crippen molar-refractivity contribution in [2.45, 2.75) is 31.7 Å². The van der Waals surface area contributed by atoms with Crippen LogP contribution in [0.3, 0.4) is 0 Å². The van der Waals surface area contributed by atoms with Crippen LogP contribution in [0.25, 0.3) is 0 Å². The lowest BCUT2D eigenvalue weighted by molar-refractivity contribution is 0.469. The number of halogens is 2. The summed E-state index contributed by atoms with van der Waals surface area (Å²) in [4.78, 5) is 1.15. The van der Waals surface area contributed by atoms with Crippen LogP contribution in [0.5, 0.6) is 0 Å². The fourth-order valence-electron chi connectivity index (χ4n) is 2.97. The summed E-state index contributed by atoms with van der Waals surface area (Å²) < 4.78 is 27.7. The number of benzene rings is 1. The van der Waals surface area contributed by atoms with Gasteiger partial charge in [-0.1, -0.05) is 25.0 Å². The van der Waals surface area contributed by atoms with Crippen molar-refractivity contribution in [3.8, 4) is 0 Å². The monoisotopic (exact) mass is 293 g/mol. The molecule has 2 aromatic rings. The largest absolute Gasteiger partial charge is 0.372 e. The molecule has 0 aliphatic heterocycles. The van der Waals surface area contributed by atoms with Crippen LogP contribution in [-0.4, -0.2) is 0 Å². The van der Waals surface area contributed by atoms with Crippen LogP contribution in [0.4, 0.5) is 14.5 Å². The van der Waals surface area contributed by atoms with Gasteiger partial charge in [-0.3, -0.25) is 0 Å². The van der Waals surface area contributed by atoms with E-state index < -0.39 is 11.6 Å². The maximum absolute atomic E-state index is 13.8. The molecule has 0 spiro atoms. The first-order valence-corrected chi connectivity index (χ1v) is 7.87. The summed E-state index contributed by atoms with van der Waals surface area (Å²) in [6.45, 7) is 0. The molecule has 3 rings (SSSR count). The molecular formula is C16H17F2NS. The van der Waals surface area contributed by atoms with Crippen molar-refractivity contribution in [1.29, 1.82) is 0 Å². The van der Waals surface area contributed by atoms with E-state index in [9.17, 15) is 8.78 Å². The fourth-order valence-corrected chi connectivity index (χ4v) is 3.84. The molecule has 20 heavy (non-hydrogen) atoms. The van der Waals surface area contributed by atoms with Gasteiger partial charge < -0.3 is 5.32 Å². The molecule has 1 aliphatic carbocycles. The van der Waals surface area contributed by atoms with Crippen LogP contribution >= 0.6 is 11.3 Å². The molecule has 1 aromatic heterocycles. The molecule has 1 fully saturated rings. The number of para-hydroxylation sites is 1. The van der Waals surface area contributed by atoms with Gasteiger partial charge in [-0.25, -0.2) is 8.78 Å². The highest BCUT2D eigenvalue weighted by molar-refractivity contribution is 7.10. The van der Waals surface area contributed by atoms with E-state index >= 15 is 0 Å². The Morgan fingerprint density at radius 3 is 2.35 bits per heavy atom. The SMILES string of the molecule is Fc1cccc(F)c1NC(c1cccs1)C1CCCC1. The number of anilines is 1. The molecule has 0 radical (unpaired) electrons. The molecule has 1 heterocycles. The minimum absolute atomic E-state index is 0.00204. The topological polar surface area (TPSA) is 12.0 Å². The molecule has 1 saturated carbocycles. The lowest BCUT2D eigenvalue weighted by Crippen LogP contribution is -2.19. The van der Waals surface area contributed by atoms with E-state index in [2.05, 4.69) is 5.32 Å². The Morgan fingerprint density at radius 1 is 1.05 bits per heavy atom. The number of nitrogens with one attached hydrogen (secondary N) is 1. The smallest absolute Gasteiger partial charge is 0.149 e. The van der Waals surface area contributed by atoms with Gasteiger partial charge in [0.1, 0.15) is 17.3 Å². The average Bonchev–Trinajstić information content (AvgIpc) is 3.12. The van der Waals surface area contributed by atoms with Gasteiger partial charge in [0.25, 0.3) is 0 Å². The Labute approximate surface area is 121 Å². The van der Waals surface area contributed by atoms with Crippen LogP contribution < -0.4 is 5.32 Å². The van der Waals surface area contributed by atoms with Crippen LogP contribution in [0.1, 0.15) is 36.6 Å². The van der Waals surface area contributed by atoms with Crippen LogP contribution in [0, 0.1) is 17.6 Å². The highest BCUT2D eigenvalue weighted by Crippen LogP contribution is 2.40. The standard InChI is InChI=1S/C16H17F2NS/c17-12-7-3-8-13(18)16(12)19-15(11-5-1-2-6-11)14-9-4-10-20-14/h3-4,7-11,15,19H,1-2,5-6H2. The first-order valence-electron chi connectivity index (χ1n) is 6.99. The predicted molar refractivity (Wildman–Crippen MR) is 79.0 cm³/mol. The van der Waals surface area contributed by atoms with Gasteiger partial charge in [0.05, 0.1) is 6.04 Å². The second-order valence-corrected chi connectivity index (χ2v) is 6.26. The van der Waals surface area contributed by atoms with Crippen molar-refractivity contribution < 1.29 is 8.78 Å². The third kappa shape index (κ3) is 2.70. The number of rotatable bonds is 4. The van der Waals surface area contributed by atoms with E-state index in [1.54, 1.807) is 11.3 Å². The number of hydrogen-bond donors (Lipinski definition) is 1. The Morgan fingerprint density at radius 2 is 1.75 bits per heavy atom. The number of hydrogen-bond acceptors (Lipinski definition) is 2. The highest BCUT2D eigenvalue weighted by Gasteiger charge is 2.28. The van der Waals surface area contributed by atoms with Crippen molar-refractivity contribution in [3.63, 3.8) is 0 Å². The van der Waals surface area contributed by atoms with Gasteiger partial charge in [-0.05, 0) is 42.3 Å². The van der Waals surface area contributed by atoms with Crippen molar-refractivity contribution >= 4 is 17.0 Å². The van der Waals surface area contributed by atoms with E-state index in [-0.39, 0.29) is 11.7 Å². The van der Waals surface area contributed by atoms with Crippen LogP contribution in [0.2, 0.25) is 0 Å². The van der Waals surface area contributed by atoms with Crippen molar-refractivity contribution in [2.75, 3.05) is 5.32 Å². The molecular weight excluding hydrogens is 276 g/mol. The molecule has 0 saturated heterocycles. The van der Waals surface area contributed by atoms with Crippen molar-refractivity contribution in [1.82, 2.24) is 0 Å². The second kappa shape index (κ2) is 5.92. The summed E-state index contributed by atoms with van der Waals surface area (Å²) in [7, 11) is 0. The van der Waals surface area contributed by atoms with Crippen LogP contribution in [-0.2, 0) is 0 Å². The third-order valence-electron chi connectivity index (χ3n) is 3.98. The molecule has 106 valence electrons. The molecule has 1 unspecified atom stereocenters. The fraction of sp³-hybridized carbons (Fsp3) is 0.375. The molecule has 1 nitrogen and oxygen atoms in total. The first kappa shape index (κ1) is 13.6. The lowest BCUT2D eigenvalue weighted by atomic mass is 9.96. The minimum atomic E-state index is -0.524. The van der Waals surface area contributed by atoms with Gasteiger partial charge in [0, 0.05) is 4.88 Å². The van der Waals surface area contributed by atoms with Gasteiger partial charge in [0.2, 0.25) is 0 Å². The second-order valence-electron chi connectivity index (χ2n) is 5.28. The molecule has 4 heteroatoms. The molecule has 1 aliphatic rings. The van der Waals surface area contributed by atoms with Crippen LogP contribution in [0.15, 0.2) is 35.7 Å². The third-order valence-corrected chi connectivity index (χ3v) is 4.94. The molecule has 0 amide bonds.